The zero-order chi connectivity index (χ0) is 22.5. The van der Waals surface area contributed by atoms with Crippen LogP contribution in [0.5, 0.6) is 17.2 Å². The van der Waals surface area contributed by atoms with Gasteiger partial charge in [0.1, 0.15) is 27.2 Å². The van der Waals surface area contributed by atoms with E-state index in [4.69, 9.17) is 37.4 Å². The van der Waals surface area contributed by atoms with E-state index in [9.17, 15) is 9.59 Å². The molecule has 1 aromatic carbocycles. The number of aromatic nitrogens is 1. The Kier molecular flexibility index (Phi) is 5.35. The minimum absolute atomic E-state index is 0.107. The van der Waals surface area contributed by atoms with Crippen LogP contribution >= 0.6 is 23.2 Å². The van der Waals surface area contributed by atoms with Gasteiger partial charge in [-0.3, -0.25) is 9.59 Å². The van der Waals surface area contributed by atoms with Crippen LogP contribution in [0.25, 0.3) is 0 Å². The summed E-state index contributed by atoms with van der Waals surface area (Å²) in [5, 5.41) is 0.501. The molecule has 2 aromatic rings. The SMILES string of the molecule is COc1cc(OC)c2c(c1Cl)O[C@]1(C2=O)C(N(C)c2ccc(Cl)nc2)=CC(=O)C[C@H]1C. The van der Waals surface area contributed by atoms with Gasteiger partial charge in [0.2, 0.25) is 11.4 Å². The van der Waals surface area contributed by atoms with Crippen LogP contribution in [0, 0.1) is 5.92 Å². The lowest BCUT2D eigenvalue weighted by Gasteiger charge is -2.41. The molecule has 0 saturated carbocycles. The van der Waals surface area contributed by atoms with Crippen molar-refractivity contribution in [1.29, 1.82) is 0 Å². The van der Waals surface area contributed by atoms with E-state index < -0.39 is 11.5 Å². The number of methoxy groups -OCH3 is 2. The Hall–Kier alpha value is -2.77. The molecule has 1 spiro atoms. The number of allylic oxidation sites excluding steroid dienone is 1. The Balaban J connectivity index is 1.91. The Morgan fingerprint density at radius 2 is 1.90 bits per heavy atom. The number of hydrogen-bond acceptors (Lipinski definition) is 7. The van der Waals surface area contributed by atoms with E-state index in [-0.39, 0.29) is 40.1 Å². The molecule has 0 amide bonds. The largest absolute Gasteiger partial charge is 0.496 e. The van der Waals surface area contributed by atoms with E-state index in [0.717, 1.165) is 0 Å². The Bertz CT molecular complexity index is 1120. The van der Waals surface area contributed by atoms with E-state index >= 15 is 0 Å². The number of ether oxygens (including phenoxy) is 3. The Morgan fingerprint density at radius 3 is 2.52 bits per heavy atom. The van der Waals surface area contributed by atoms with Crippen molar-refractivity contribution < 1.29 is 23.8 Å². The number of carbonyl (C=O) groups excluding carboxylic acids is 2. The first kappa shape index (κ1) is 21.5. The smallest absolute Gasteiger partial charge is 0.220 e. The lowest BCUT2D eigenvalue weighted by atomic mass is 9.74. The second-order valence-corrected chi connectivity index (χ2v) is 8.23. The van der Waals surface area contributed by atoms with Gasteiger partial charge < -0.3 is 19.1 Å². The van der Waals surface area contributed by atoms with Crippen LogP contribution < -0.4 is 19.1 Å². The van der Waals surface area contributed by atoms with Crippen molar-refractivity contribution in [1.82, 2.24) is 4.98 Å². The van der Waals surface area contributed by atoms with Gasteiger partial charge in [0, 0.05) is 31.5 Å². The summed E-state index contributed by atoms with van der Waals surface area (Å²) in [6.45, 7) is 1.81. The number of nitrogens with zero attached hydrogens (tertiary/aromatic N) is 2. The van der Waals surface area contributed by atoms with E-state index in [1.54, 1.807) is 43.3 Å². The number of Topliss-reactive ketones (excluding diaryl/α,β-unsaturated/α-hetero) is 1. The minimum atomic E-state index is -1.46. The van der Waals surface area contributed by atoms with Gasteiger partial charge in [-0.15, -0.1) is 0 Å². The second kappa shape index (κ2) is 7.73. The zero-order valence-corrected chi connectivity index (χ0v) is 18.9. The molecule has 0 fully saturated rings. The van der Waals surface area contributed by atoms with Gasteiger partial charge in [0.05, 0.1) is 31.8 Å². The van der Waals surface area contributed by atoms with Crippen LogP contribution in [-0.4, -0.2) is 43.4 Å². The maximum absolute atomic E-state index is 13.9. The Labute approximate surface area is 189 Å². The third-order valence-electron chi connectivity index (χ3n) is 5.76. The van der Waals surface area contributed by atoms with Crippen LogP contribution in [0.3, 0.4) is 0 Å². The van der Waals surface area contributed by atoms with Crippen molar-refractivity contribution >= 4 is 40.5 Å². The van der Waals surface area contributed by atoms with Gasteiger partial charge in [-0.05, 0) is 12.1 Å². The highest BCUT2D eigenvalue weighted by Crippen LogP contribution is 2.55. The number of carbonyl (C=O) groups is 2. The summed E-state index contributed by atoms with van der Waals surface area (Å²) in [4.78, 5) is 32.2. The zero-order valence-electron chi connectivity index (χ0n) is 17.4. The van der Waals surface area contributed by atoms with Gasteiger partial charge in [-0.1, -0.05) is 30.1 Å². The average molecular weight is 463 g/mol. The molecule has 0 N–H and O–H groups in total. The summed E-state index contributed by atoms with van der Waals surface area (Å²) >= 11 is 12.4. The molecule has 2 atom stereocenters. The Morgan fingerprint density at radius 1 is 1.19 bits per heavy atom. The topological polar surface area (TPSA) is 78.0 Å². The number of ketones is 2. The third kappa shape index (κ3) is 3.15. The molecule has 0 radical (unpaired) electrons. The van der Waals surface area contributed by atoms with E-state index in [1.807, 2.05) is 0 Å². The highest BCUT2D eigenvalue weighted by Gasteiger charge is 2.59. The highest BCUT2D eigenvalue weighted by molar-refractivity contribution is 6.35. The van der Waals surface area contributed by atoms with E-state index in [2.05, 4.69) is 4.98 Å². The maximum Gasteiger partial charge on any atom is 0.220 e. The van der Waals surface area contributed by atoms with Crippen molar-refractivity contribution in [3.8, 4) is 17.2 Å². The van der Waals surface area contributed by atoms with Crippen LogP contribution in [0.15, 0.2) is 36.2 Å². The summed E-state index contributed by atoms with van der Waals surface area (Å²) in [6, 6.07) is 4.93. The standard InChI is InChI=1S/C22H20Cl2N2O5/c1-11-7-13(27)8-16(26(2)12-5-6-17(23)25-10-12)22(11)21(28)18-14(29-3)9-15(30-4)19(24)20(18)31-22/h5-6,8-11H,7H2,1-4H3/t11-,22+/m1/s1. The molecule has 0 unspecified atom stereocenters. The highest BCUT2D eigenvalue weighted by atomic mass is 35.5. The molecule has 162 valence electrons. The molecule has 1 aliphatic heterocycles. The van der Waals surface area contributed by atoms with Gasteiger partial charge in [-0.2, -0.15) is 0 Å². The predicted molar refractivity (Wildman–Crippen MR) is 117 cm³/mol. The molecule has 7 nitrogen and oxygen atoms in total. The normalized spacial score (nSPS) is 22.1. The number of halogens is 2. The first-order chi connectivity index (χ1) is 14.7. The maximum atomic E-state index is 13.9. The fourth-order valence-electron chi connectivity index (χ4n) is 4.16. The van der Waals surface area contributed by atoms with Gasteiger partial charge in [-0.25, -0.2) is 4.98 Å². The number of pyridine rings is 1. The molecule has 0 bridgehead atoms. The summed E-state index contributed by atoms with van der Waals surface area (Å²) < 4.78 is 17.1. The molecule has 1 aromatic heterocycles. The van der Waals surface area contributed by atoms with Gasteiger partial charge in [0.15, 0.2) is 11.5 Å². The van der Waals surface area contributed by atoms with Gasteiger partial charge >= 0.3 is 0 Å². The molecule has 9 heteroatoms. The molecule has 2 aliphatic rings. The van der Waals surface area contributed by atoms with Crippen molar-refractivity contribution in [3.05, 3.63) is 51.9 Å². The molecule has 0 saturated heterocycles. The number of fused-ring (bicyclic) bond motifs is 1. The first-order valence-electron chi connectivity index (χ1n) is 9.53. The monoisotopic (exact) mass is 462 g/mol. The first-order valence-corrected chi connectivity index (χ1v) is 10.3. The predicted octanol–water partition coefficient (Wildman–Crippen LogP) is 4.35. The molecular formula is C22H20Cl2N2O5. The number of hydrogen-bond donors (Lipinski definition) is 0. The van der Waals surface area contributed by atoms with Crippen LogP contribution in [0.2, 0.25) is 10.2 Å². The van der Waals surface area contributed by atoms with Crippen molar-refractivity contribution in [2.45, 2.75) is 18.9 Å². The second-order valence-electron chi connectivity index (χ2n) is 7.47. The third-order valence-corrected chi connectivity index (χ3v) is 6.34. The molecular weight excluding hydrogens is 443 g/mol. The summed E-state index contributed by atoms with van der Waals surface area (Å²) in [6.07, 6.45) is 3.15. The molecule has 1 aliphatic carbocycles. The summed E-state index contributed by atoms with van der Waals surface area (Å²) in [7, 11) is 4.66. The number of rotatable bonds is 4. The molecule has 31 heavy (non-hydrogen) atoms. The van der Waals surface area contributed by atoms with Crippen molar-refractivity contribution in [3.63, 3.8) is 0 Å². The summed E-state index contributed by atoms with van der Waals surface area (Å²) in [5.41, 5.74) is -0.213. The lowest BCUT2D eigenvalue weighted by Crippen LogP contribution is -2.55. The van der Waals surface area contributed by atoms with Crippen LogP contribution in [0.1, 0.15) is 23.7 Å². The van der Waals surface area contributed by atoms with E-state index in [0.29, 0.717) is 22.3 Å². The fourth-order valence-corrected chi connectivity index (χ4v) is 4.54. The number of anilines is 1. The average Bonchev–Trinajstić information content (AvgIpc) is 3.06. The lowest BCUT2D eigenvalue weighted by molar-refractivity contribution is -0.117. The van der Waals surface area contributed by atoms with Crippen LogP contribution in [-0.2, 0) is 4.79 Å². The van der Waals surface area contributed by atoms with Gasteiger partial charge in [0.25, 0.3) is 0 Å². The minimum Gasteiger partial charge on any atom is -0.496 e. The number of benzene rings is 1. The van der Waals surface area contributed by atoms with Crippen LogP contribution in [0.4, 0.5) is 5.69 Å². The fraction of sp³-hybridized carbons (Fsp3) is 0.318. The summed E-state index contributed by atoms with van der Waals surface area (Å²) in [5.74, 6) is -0.111. The van der Waals surface area contributed by atoms with E-state index in [1.165, 1.54) is 20.3 Å². The number of likely N-dealkylation sites (N-methyl/N-ethyl adjacent to an activating group) is 1. The van der Waals surface area contributed by atoms with Crippen molar-refractivity contribution in [2.75, 3.05) is 26.2 Å². The molecule has 4 rings (SSSR count). The molecule has 2 heterocycles. The van der Waals surface area contributed by atoms with Crippen molar-refractivity contribution in [2.24, 2.45) is 5.92 Å². The quantitative estimate of drug-likeness (QED) is 0.624.